The Kier molecular flexibility index (Phi) is 5.07. The van der Waals surface area contributed by atoms with Gasteiger partial charge in [0, 0.05) is 18.6 Å². The molecule has 5 nitrogen and oxygen atoms in total. The molecule has 1 aromatic heterocycles. The summed E-state index contributed by atoms with van der Waals surface area (Å²) in [7, 11) is 0. The average molecular weight is 241 g/mol. The summed E-state index contributed by atoms with van der Waals surface area (Å²) in [5.74, 6) is 0.815. The first-order chi connectivity index (χ1) is 7.70. The summed E-state index contributed by atoms with van der Waals surface area (Å²) in [6.45, 7) is 2.03. The Hall–Kier alpha value is -1.27. The first-order valence-corrected chi connectivity index (χ1v) is 5.86. The summed E-state index contributed by atoms with van der Waals surface area (Å²) in [6.07, 6.45) is 2.38. The second kappa shape index (κ2) is 6.34. The second-order valence-electron chi connectivity index (χ2n) is 3.22. The lowest BCUT2D eigenvalue weighted by molar-refractivity contribution is 0.296. The third kappa shape index (κ3) is 3.11. The predicted molar refractivity (Wildman–Crippen MR) is 63.9 cm³/mol. The molecule has 88 valence electrons. The Morgan fingerprint density at radius 2 is 2.38 bits per heavy atom. The summed E-state index contributed by atoms with van der Waals surface area (Å²) < 4.78 is 0. The molecule has 0 spiro atoms. The first-order valence-electron chi connectivity index (χ1n) is 4.88. The predicted octanol–water partition coefficient (Wildman–Crippen LogP) is 0.959. The topological polar surface area (TPSA) is 91.7 Å². The Morgan fingerprint density at radius 3 is 3.00 bits per heavy atom. The van der Waals surface area contributed by atoms with Gasteiger partial charge in [-0.25, -0.2) is 4.98 Å². The van der Waals surface area contributed by atoms with Gasteiger partial charge < -0.3 is 16.0 Å². The lowest BCUT2D eigenvalue weighted by Crippen LogP contribution is -2.16. The van der Waals surface area contributed by atoms with Crippen LogP contribution in [0.3, 0.4) is 0 Å². The highest BCUT2D eigenvalue weighted by molar-refractivity contribution is 7.99. The largest absolute Gasteiger partial charge is 0.409 e. The monoisotopic (exact) mass is 241 g/mol. The molecule has 16 heavy (non-hydrogen) atoms. The van der Waals surface area contributed by atoms with Crippen molar-refractivity contribution < 1.29 is 10.3 Å². The van der Waals surface area contributed by atoms with Gasteiger partial charge in [-0.05, 0) is 25.0 Å². The minimum atomic E-state index is 0.0668. The fourth-order valence-corrected chi connectivity index (χ4v) is 2.25. The number of nitrogens with two attached hydrogens (primary N) is 1. The number of hydrogen-bond donors (Lipinski definition) is 3. The van der Waals surface area contributed by atoms with Crippen molar-refractivity contribution in [2.24, 2.45) is 10.9 Å². The molecule has 0 fully saturated rings. The Balaban J connectivity index is 2.94. The highest BCUT2D eigenvalue weighted by Gasteiger charge is 2.11. The summed E-state index contributed by atoms with van der Waals surface area (Å²) >= 11 is 1.49. The molecule has 4 N–H and O–H groups in total. The van der Waals surface area contributed by atoms with Crippen LogP contribution in [-0.4, -0.2) is 33.5 Å². The smallest absolute Gasteiger partial charge is 0.173 e. The van der Waals surface area contributed by atoms with Crippen LogP contribution in [0.5, 0.6) is 0 Å². The number of hydrogen-bond acceptors (Lipinski definition) is 5. The average Bonchev–Trinajstić information content (AvgIpc) is 2.29. The molecule has 0 aliphatic carbocycles. The van der Waals surface area contributed by atoms with Crippen molar-refractivity contribution in [3.05, 3.63) is 23.4 Å². The van der Waals surface area contributed by atoms with Gasteiger partial charge in [-0.2, -0.15) is 0 Å². The minimum absolute atomic E-state index is 0.0668. The van der Waals surface area contributed by atoms with Gasteiger partial charge in [0.2, 0.25) is 0 Å². The highest BCUT2D eigenvalue weighted by atomic mass is 32.2. The highest BCUT2D eigenvalue weighted by Crippen LogP contribution is 2.23. The molecule has 0 saturated carbocycles. The van der Waals surface area contributed by atoms with E-state index in [0.29, 0.717) is 12.0 Å². The van der Waals surface area contributed by atoms with Crippen molar-refractivity contribution in [2.45, 2.75) is 18.4 Å². The number of oxime groups is 1. The number of pyridine rings is 1. The van der Waals surface area contributed by atoms with Gasteiger partial charge in [0.1, 0.15) is 5.03 Å². The molecule has 6 heteroatoms. The van der Waals surface area contributed by atoms with Gasteiger partial charge in [0.15, 0.2) is 5.84 Å². The van der Waals surface area contributed by atoms with E-state index >= 15 is 0 Å². The minimum Gasteiger partial charge on any atom is -0.409 e. The number of aryl methyl sites for hydroxylation is 1. The van der Waals surface area contributed by atoms with Gasteiger partial charge in [-0.3, -0.25) is 0 Å². The van der Waals surface area contributed by atoms with Crippen LogP contribution in [0.25, 0.3) is 0 Å². The summed E-state index contributed by atoms with van der Waals surface area (Å²) in [4.78, 5) is 4.19. The lowest BCUT2D eigenvalue weighted by atomic mass is 10.1. The summed E-state index contributed by atoms with van der Waals surface area (Å²) in [6, 6.07) is 1.81. The molecule has 1 rings (SSSR count). The van der Waals surface area contributed by atoms with Crippen LogP contribution in [-0.2, 0) is 0 Å². The second-order valence-corrected chi connectivity index (χ2v) is 4.30. The number of rotatable bonds is 5. The van der Waals surface area contributed by atoms with Crippen LogP contribution in [0, 0.1) is 6.92 Å². The molecule has 0 radical (unpaired) electrons. The SMILES string of the molecule is Cc1ccnc(SCCCO)c1/C(N)=N/O. The van der Waals surface area contributed by atoms with Crippen molar-refractivity contribution in [3.8, 4) is 0 Å². The normalized spacial score (nSPS) is 11.8. The molecule has 0 aromatic carbocycles. The Labute approximate surface area is 98.4 Å². The van der Waals surface area contributed by atoms with E-state index in [1.54, 1.807) is 6.20 Å². The lowest BCUT2D eigenvalue weighted by Gasteiger charge is -2.09. The molecule has 0 unspecified atom stereocenters. The van der Waals surface area contributed by atoms with Gasteiger partial charge >= 0.3 is 0 Å². The van der Waals surface area contributed by atoms with Crippen molar-refractivity contribution in [2.75, 3.05) is 12.4 Å². The van der Waals surface area contributed by atoms with Gasteiger partial charge in [0.05, 0.1) is 5.56 Å². The maximum Gasteiger partial charge on any atom is 0.173 e. The number of thioether (sulfide) groups is 1. The van der Waals surface area contributed by atoms with Crippen LogP contribution in [0.15, 0.2) is 22.4 Å². The summed E-state index contributed by atoms with van der Waals surface area (Å²) in [5.41, 5.74) is 7.17. The van der Waals surface area contributed by atoms with Gasteiger partial charge in [-0.15, -0.1) is 11.8 Å². The first kappa shape index (κ1) is 12.8. The third-order valence-electron chi connectivity index (χ3n) is 2.03. The van der Waals surface area contributed by atoms with E-state index in [1.165, 1.54) is 11.8 Å². The number of aliphatic hydroxyl groups is 1. The molecule has 0 aliphatic rings. The van der Waals surface area contributed by atoms with E-state index < -0.39 is 0 Å². The van der Waals surface area contributed by atoms with E-state index in [0.717, 1.165) is 16.3 Å². The Bertz CT molecular complexity index is 382. The molecule has 0 amide bonds. The van der Waals surface area contributed by atoms with E-state index in [2.05, 4.69) is 10.1 Å². The van der Waals surface area contributed by atoms with Crippen LogP contribution in [0.4, 0.5) is 0 Å². The van der Waals surface area contributed by atoms with E-state index in [-0.39, 0.29) is 12.4 Å². The zero-order valence-electron chi connectivity index (χ0n) is 9.05. The van der Waals surface area contributed by atoms with Gasteiger partial charge in [0.25, 0.3) is 0 Å². The number of nitrogens with zero attached hydrogens (tertiary/aromatic N) is 2. The maximum atomic E-state index is 8.70. The Morgan fingerprint density at radius 1 is 1.62 bits per heavy atom. The van der Waals surface area contributed by atoms with Crippen molar-refractivity contribution in [1.29, 1.82) is 0 Å². The van der Waals surface area contributed by atoms with Crippen molar-refractivity contribution >= 4 is 17.6 Å². The third-order valence-corrected chi connectivity index (χ3v) is 3.11. The molecule has 0 atom stereocenters. The number of aromatic nitrogens is 1. The molecule has 1 heterocycles. The van der Waals surface area contributed by atoms with Crippen molar-refractivity contribution in [3.63, 3.8) is 0 Å². The number of aliphatic hydroxyl groups excluding tert-OH is 1. The standard InChI is InChI=1S/C10H15N3O2S/c1-7-3-4-12-10(16-6-2-5-14)8(7)9(11)13-15/h3-4,14-15H,2,5-6H2,1H3,(H2,11,13). The zero-order valence-corrected chi connectivity index (χ0v) is 9.87. The zero-order chi connectivity index (χ0) is 12.0. The molecule has 0 saturated heterocycles. The van der Waals surface area contributed by atoms with Crippen LogP contribution < -0.4 is 5.73 Å². The van der Waals surface area contributed by atoms with Crippen LogP contribution in [0.2, 0.25) is 0 Å². The van der Waals surface area contributed by atoms with Crippen molar-refractivity contribution in [1.82, 2.24) is 4.98 Å². The van der Waals surface area contributed by atoms with E-state index in [1.807, 2.05) is 13.0 Å². The number of amidine groups is 1. The quantitative estimate of drug-likeness (QED) is 0.178. The molecular formula is C10H15N3O2S. The fourth-order valence-electron chi connectivity index (χ4n) is 1.24. The van der Waals surface area contributed by atoms with Crippen LogP contribution >= 0.6 is 11.8 Å². The maximum absolute atomic E-state index is 8.70. The van der Waals surface area contributed by atoms with E-state index in [9.17, 15) is 0 Å². The van der Waals surface area contributed by atoms with E-state index in [4.69, 9.17) is 16.0 Å². The molecular weight excluding hydrogens is 226 g/mol. The fraction of sp³-hybridized carbons (Fsp3) is 0.400. The van der Waals surface area contributed by atoms with Crippen LogP contribution in [0.1, 0.15) is 17.5 Å². The summed E-state index contributed by atoms with van der Waals surface area (Å²) in [5, 5.41) is 21.1. The van der Waals surface area contributed by atoms with Gasteiger partial charge in [-0.1, -0.05) is 5.16 Å². The molecule has 1 aromatic rings. The molecule has 0 aliphatic heterocycles. The molecule has 0 bridgehead atoms.